The van der Waals surface area contributed by atoms with E-state index in [-0.39, 0.29) is 17.7 Å². The number of amides is 1. The van der Waals surface area contributed by atoms with Gasteiger partial charge in [0, 0.05) is 20.1 Å². The first kappa shape index (κ1) is 11.0. The molecule has 1 fully saturated rings. The van der Waals surface area contributed by atoms with Gasteiger partial charge in [-0.2, -0.15) is 0 Å². The van der Waals surface area contributed by atoms with Crippen molar-refractivity contribution in [2.45, 2.75) is 6.92 Å². The number of aliphatic carboxylic acids is 1. The molecular formula is C9H16N2O3. The van der Waals surface area contributed by atoms with Gasteiger partial charge < -0.3 is 10.4 Å². The highest BCUT2D eigenvalue weighted by Crippen LogP contribution is 2.22. The third-order valence-electron chi connectivity index (χ3n) is 2.65. The summed E-state index contributed by atoms with van der Waals surface area (Å²) in [6.45, 7) is 3.36. The molecule has 1 saturated heterocycles. The van der Waals surface area contributed by atoms with Gasteiger partial charge in [0.15, 0.2) is 0 Å². The largest absolute Gasteiger partial charge is 0.481 e. The summed E-state index contributed by atoms with van der Waals surface area (Å²) >= 11 is 0. The van der Waals surface area contributed by atoms with E-state index in [4.69, 9.17) is 5.11 Å². The van der Waals surface area contributed by atoms with Gasteiger partial charge in [-0.3, -0.25) is 14.5 Å². The fourth-order valence-corrected chi connectivity index (χ4v) is 1.80. The van der Waals surface area contributed by atoms with Gasteiger partial charge in [0.1, 0.15) is 0 Å². The number of carbonyl (C=O) groups is 2. The molecule has 2 N–H and O–H groups in total. The van der Waals surface area contributed by atoms with Crippen molar-refractivity contribution in [3.63, 3.8) is 0 Å². The number of carbonyl (C=O) groups excluding carboxylic acids is 1. The summed E-state index contributed by atoms with van der Waals surface area (Å²) in [5, 5.41) is 11.4. The summed E-state index contributed by atoms with van der Waals surface area (Å²) in [5.74, 6) is -1.04. The fourth-order valence-electron chi connectivity index (χ4n) is 1.80. The summed E-state index contributed by atoms with van der Waals surface area (Å²) in [4.78, 5) is 23.7. The predicted octanol–water partition coefficient (Wildman–Crippen LogP) is -0.615. The maximum atomic E-state index is 11.1. The van der Waals surface area contributed by atoms with Crippen LogP contribution in [0.1, 0.15) is 6.92 Å². The number of carboxylic acid groups (broad SMARTS) is 1. The second-order valence-corrected chi connectivity index (χ2v) is 3.79. The minimum atomic E-state index is -0.767. The van der Waals surface area contributed by atoms with Crippen LogP contribution in [0.5, 0.6) is 0 Å². The minimum absolute atomic E-state index is 0.0664. The van der Waals surface area contributed by atoms with E-state index in [1.54, 1.807) is 7.05 Å². The molecule has 1 heterocycles. The minimum Gasteiger partial charge on any atom is -0.481 e. The predicted molar refractivity (Wildman–Crippen MR) is 50.8 cm³/mol. The molecule has 5 nitrogen and oxygen atoms in total. The molecule has 5 heteroatoms. The van der Waals surface area contributed by atoms with E-state index in [9.17, 15) is 9.59 Å². The van der Waals surface area contributed by atoms with Gasteiger partial charge in [0.25, 0.3) is 0 Å². The van der Waals surface area contributed by atoms with Crippen molar-refractivity contribution in [1.29, 1.82) is 0 Å². The van der Waals surface area contributed by atoms with Crippen molar-refractivity contribution in [3.05, 3.63) is 0 Å². The molecule has 0 aliphatic carbocycles. The molecule has 80 valence electrons. The quantitative estimate of drug-likeness (QED) is 0.637. The van der Waals surface area contributed by atoms with Crippen molar-refractivity contribution in [2.75, 3.05) is 26.7 Å². The molecule has 0 aromatic carbocycles. The van der Waals surface area contributed by atoms with E-state index in [0.717, 1.165) is 0 Å². The average molecular weight is 200 g/mol. The van der Waals surface area contributed by atoms with Crippen molar-refractivity contribution in [2.24, 2.45) is 11.8 Å². The van der Waals surface area contributed by atoms with E-state index >= 15 is 0 Å². The molecule has 0 unspecified atom stereocenters. The summed E-state index contributed by atoms with van der Waals surface area (Å²) < 4.78 is 0. The standard InChI is InChI=1S/C9H16N2O3/c1-6-3-11(5-8(12)10-2)4-7(6)9(13)14/h6-7H,3-5H2,1-2H3,(H,10,12)(H,13,14)/t6-,7-/m1/s1. The van der Waals surface area contributed by atoms with Gasteiger partial charge >= 0.3 is 5.97 Å². The van der Waals surface area contributed by atoms with Gasteiger partial charge in [-0.15, -0.1) is 0 Å². The second-order valence-electron chi connectivity index (χ2n) is 3.79. The number of nitrogens with zero attached hydrogens (tertiary/aromatic N) is 1. The number of likely N-dealkylation sites (tertiary alicyclic amines) is 1. The van der Waals surface area contributed by atoms with Crippen molar-refractivity contribution in [1.82, 2.24) is 10.2 Å². The lowest BCUT2D eigenvalue weighted by Crippen LogP contribution is -2.34. The van der Waals surface area contributed by atoms with Gasteiger partial charge in [-0.25, -0.2) is 0 Å². The molecule has 1 aliphatic heterocycles. The van der Waals surface area contributed by atoms with Gasteiger partial charge in [-0.1, -0.05) is 6.92 Å². The number of hydrogen-bond acceptors (Lipinski definition) is 3. The molecular weight excluding hydrogens is 184 g/mol. The summed E-state index contributed by atoms with van der Waals surface area (Å²) in [6.07, 6.45) is 0. The van der Waals surface area contributed by atoms with Gasteiger partial charge in [0.2, 0.25) is 5.91 Å². The van der Waals surface area contributed by atoms with E-state index in [2.05, 4.69) is 5.32 Å². The van der Waals surface area contributed by atoms with Crippen molar-refractivity contribution in [3.8, 4) is 0 Å². The zero-order valence-electron chi connectivity index (χ0n) is 8.49. The molecule has 2 atom stereocenters. The maximum Gasteiger partial charge on any atom is 0.308 e. The Balaban J connectivity index is 2.46. The highest BCUT2D eigenvalue weighted by atomic mass is 16.4. The van der Waals surface area contributed by atoms with Crippen LogP contribution >= 0.6 is 0 Å². The average Bonchev–Trinajstić information content (AvgIpc) is 2.46. The normalized spacial score (nSPS) is 27.6. The molecule has 14 heavy (non-hydrogen) atoms. The fraction of sp³-hybridized carbons (Fsp3) is 0.778. The monoisotopic (exact) mass is 200 g/mol. The summed E-state index contributed by atoms with van der Waals surface area (Å²) in [5.41, 5.74) is 0. The number of hydrogen-bond donors (Lipinski definition) is 2. The number of nitrogens with one attached hydrogen (secondary N) is 1. The number of rotatable bonds is 3. The molecule has 1 amide bonds. The zero-order valence-corrected chi connectivity index (χ0v) is 8.49. The third-order valence-corrected chi connectivity index (χ3v) is 2.65. The van der Waals surface area contributed by atoms with Crippen LogP contribution in [0.2, 0.25) is 0 Å². The Labute approximate surface area is 83.1 Å². The Morgan fingerprint density at radius 2 is 2.14 bits per heavy atom. The Morgan fingerprint density at radius 1 is 1.50 bits per heavy atom. The molecule has 0 aromatic heterocycles. The van der Waals surface area contributed by atoms with E-state index in [1.807, 2.05) is 11.8 Å². The molecule has 0 spiro atoms. The Bertz CT molecular complexity index is 242. The highest BCUT2D eigenvalue weighted by Gasteiger charge is 2.34. The summed E-state index contributed by atoms with van der Waals surface area (Å²) in [6, 6.07) is 0. The van der Waals surface area contributed by atoms with E-state index < -0.39 is 5.97 Å². The van der Waals surface area contributed by atoms with Crippen LogP contribution < -0.4 is 5.32 Å². The molecule has 1 rings (SSSR count). The first-order valence-electron chi connectivity index (χ1n) is 4.70. The molecule has 0 saturated carbocycles. The zero-order chi connectivity index (χ0) is 10.7. The first-order valence-corrected chi connectivity index (χ1v) is 4.70. The van der Waals surface area contributed by atoms with Crippen molar-refractivity contribution < 1.29 is 14.7 Å². The van der Waals surface area contributed by atoms with Crippen LogP contribution in [-0.4, -0.2) is 48.6 Å². The second kappa shape index (κ2) is 4.41. The van der Waals surface area contributed by atoms with Gasteiger partial charge in [-0.05, 0) is 5.92 Å². The first-order chi connectivity index (χ1) is 6.54. The lowest BCUT2D eigenvalue weighted by Gasteiger charge is -2.13. The van der Waals surface area contributed by atoms with Crippen molar-refractivity contribution >= 4 is 11.9 Å². The summed E-state index contributed by atoms with van der Waals surface area (Å²) in [7, 11) is 1.58. The topological polar surface area (TPSA) is 69.6 Å². The Morgan fingerprint density at radius 3 is 2.57 bits per heavy atom. The van der Waals surface area contributed by atoms with Gasteiger partial charge in [0.05, 0.1) is 12.5 Å². The SMILES string of the molecule is CNC(=O)CN1C[C@@H](C)[C@H](C(=O)O)C1. The van der Waals surface area contributed by atoms with Crippen LogP contribution in [0.15, 0.2) is 0 Å². The smallest absolute Gasteiger partial charge is 0.308 e. The Hall–Kier alpha value is -1.10. The third kappa shape index (κ3) is 2.45. The molecule has 0 bridgehead atoms. The number of carboxylic acids is 1. The lowest BCUT2D eigenvalue weighted by molar-refractivity contribution is -0.142. The molecule has 1 aliphatic rings. The number of likely N-dealkylation sites (N-methyl/N-ethyl adjacent to an activating group) is 1. The van der Waals surface area contributed by atoms with Crippen LogP contribution in [0.3, 0.4) is 0 Å². The Kier molecular flexibility index (Phi) is 3.46. The van der Waals surface area contributed by atoms with E-state index in [1.165, 1.54) is 0 Å². The highest BCUT2D eigenvalue weighted by molar-refractivity contribution is 5.78. The van der Waals surface area contributed by atoms with Crippen LogP contribution in [0, 0.1) is 11.8 Å². The maximum absolute atomic E-state index is 11.1. The molecule has 0 radical (unpaired) electrons. The molecule has 0 aromatic rings. The lowest BCUT2D eigenvalue weighted by atomic mass is 9.99. The van der Waals surface area contributed by atoms with E-state index in [0.29, 0.717) is 19.6 Å². The van der Waals surface area contributed by atoms with Crippen LogP contribution in [0.4, 0.5) is 0 Å². The van der Waals surface area contributed by atoms with Crippen LogP contribution in [-0.2, 0) is 9.59 Å². The van der Waals surface area contributed by atoms with Crippen LogP contribution in [0.25, 0.3) is 0 Å².